The summed E-state index contributed by atoms with van der Waals surface area (Å²) in [7, 11) is 1.62. The fraction of sp³-hybridized carbons (Fsp3) is 0.727. The Kier molecular flexibility index (Phi) is 6.59. The van der Waals surface area contributed by atoms with Gasteiger partial charge in [-0.15, -0.1) is 10.2 Å². The first-order valence-electron chi connectivity index (χ1n) is 6.08. The van der Waals surface area contributed by atoms with Crippen LogP contribution < -0.4 is 5.32 Å². The van der Waals surface area contributed by atoms with Crippen molar-refractivity contribution < 1.29 is 9.53 Å². The number of rotatable bonds is 8. The van der Waals surface area contributed by atoms with E-state index in [1.54, 1.807) is 12.0 Å². The van der Waals surface area contributed by atoms with E-state index in [9.17, 15) is 4.79 Å². The Balaban J connectivity index is 2.61. The highest BCUT2D eigenvalue weighted by molar-refractivity contribution is 7.17. The van der Waals surface area contributed by atoms with Crippen LogP contribution in [0.2, 0.25) is 0 Å². The van der Waals surface area contributed by atoms with Gasteiger partial charge in [-0.3, -0.25) is 4.79 Å². The van der Waals surface area contributed by atoms with E-state index in [-0.39, 0.29) is 5.91 Å². The normalized spacial score (nSPS) is 10.4. The molecule has 7 heteroatoms. The van der Waals surface area contributed by atoms with E-state index in [1.807, 2.05) is 6.92 Å². The van der Waals surface area contributed by atoms with Crippen LogP contribution in [0, 0.1) is 0 Å². The third-order valence-corrected chi connectivity index (χ3v) is 3.24. The van der Waals surface area contributed by atoms with E-state index in [1.165, 1.54) is 11.3 Å². The summed E-state index contributed by atoms with van der Waals surface area (Å²) >= 11 is 1.29. The molecule has 0 saturated heterocycles. The highest BCUT2D eigenvalue weighted by Gasteiger charge is 2.18. The molecule has 1 heterocycles. The number of nitrogens with zero attached hydrogens (tertiary/aromatic N) is 3. The first-order chi connectivity index (χ1) is 8.72. The van der Waals surface area contributed by atoms with Gasteiger partial charge < -0.3 is 15.0 Å². The summed E-state index contributed by atoms with van der Waals surface area (Å²) in [5, 5.41) is 12.1. The van der Waals surface area contributed by atoms with E-state index in [4.69, 9.17) is 4.74 Å². The Bertz CT molecular complexity index is 370. The molecule has 1 rings (SSSR count). The van der Waals surface area contributed by atoms with Crippen molar-refractivity contribution in [3.8, 4) is 0 Å². The average Bonchev–Trinajstić information content (AvgIpc) is 2.85. The van der Waals surface area contributed by atoms with Crippen LogP contribution in [-0.4, -0.2) is 54.4 Å². The molecule has 0 unspecified atom stereocenters. The third kappa shape index (κ3) is 4.23. The van der Waals surface area contributed by atoms with Gasteiger partial charge in [0.1, 0.15) is 0 Å². The SMILES string of the molecule is CCCNc1nnc(C(=O)N(CC)CCOC)s1. The molecule has 102 valence electrons. The lowest BCUT2D eigenvalue weighted by Gasteiger charge is -2.18. The summed E-state index contributed by atoms with van der Waals surface area (Å²) in [6.07, 6.45) is 1.01. The summed E-state index contributed by atoms with van der Waals surface area (Å²) in [6, 6.07) is 0. The van der Waals surface area contributed by atoms with Crippen molar-refractivity contribution in [2.45, 2.75) is 20.3 Å². The fourth-order valence-corrected chi connectivity index (χ4v) is 2.09. The largest absolute Gasteiger partial charge is 0.383 e. The monoisotopic (exact) mass is 272 g/mol. The Morgan fingerprint density at radius 2 is 2.22 bits per heavy atom. The molecule has 1 aromatic rings. The van der Waals surface area contributed by atoms with Crippen LogP contribution >= 0.6 is 11.3 Å². The van der Waals surface area contributed by atoms with Gasteiger partial charge in [0.25, 0.3) is 5.91 Å². The Morgan fingerprint density at radius 1 is 1.44 bits per heavy atom. The standard InChI is InChI=1S/C11H20N4O2S/c1-4-6-12-11-14-13-9(18-11)10(16)15(5-2)7-8-17-3/h4-8H2,1-3H3,(H,12,14). The zero-order valence-corrected chi connectivity index (χ0v) is 11.9. The number of likely N-dealkylation sites (N-methyl/N-ethyl adjacent to an activating group) is 1. The van der Waals surface area contributed by atoms with Crippen molar-refractivity contribution in [2.75, 3.05) is 38.7 Å². The van der Waals surface area contributed by atoms with Gasteiger partial charge in [-0.2, -0.15) is 0 Å². The number of anilines is 1. The number of carbonyl (C=O) groups excluding carboxylic acids is 1. The minimum atomic E-state index is -0.0865. The minimum absolute atomic E-state index is 0.0865. The Labute approximate surface area is 111 Å². The summed E-state index contributed by atoms with van der Waals surface area (Å²) < 4.78 is 4.98. The molecular formula is C11H20N4O2S. The highest BCUT2D eigenvalue weighted by atomic mass is 32.1. The molecule has 0 aliphatic carbocycles. The summed E-state index contributed by atoms with van der Waals surface area (Å²) in [6.45, 7) is 6.58. The zero-order chi connectivity index (χ0) is 13.4. The number of nitrogens with one attached hydrogen (secondary N) is 1. The second-order valence-electron chi connectivity index (χ2n) is 3.72. The molecule has 0 radical (unpaired) electrons. The first-order valence-corrected chi connectivity index (χ1v) is 6.90. The maximum Gasteiger partial charge on any atom is 0.284 e. The van der Waals surface area contributed by atoms with Crippen molar-refractivity contribution in [2.24, 2.45) is 0 Å². The lowest BCUT2D eigenvalue weighted by molar-refractivity contribution is 0.0705. The fourth-order valence-electron chi connectivity index (χ4n) is 1.35. The highest BCUT2D eigenvalue weighted by Crippen LogP contribution is 2.16. The molecule has 0 spiro atoms. The Hall–Kier alpha value is -1.21. The van der Waals surface area contributed by atoms with Gasteiger partial charge in [0.15, 0.2) is 0 Å². The van der Waals surface area contributed by atoms with E-state index in [2.05, 4.69) is 22.4 Å². The number of carbonyl (C=O) groups is 1. The van der Waals surface area contributed by atoms with Gasteiger partial charge in [0.2, 0.25) is 10.1 Å². The van der Waals surface area contributed by atoms with E-state index >= 15 is 0 Å². The molecule has 0 aromatic carbocycles. The number of methoxy groups -OCH3 is 1. The molecule has 18 heavy (non-hydrogen) atoms. The van der Waals surface area contributed by atoms with E-state index in [0.29, 0.717) is 29.8 Å². The first kappa shape index (κ1) is 14.8. The van der Waals surface area contributed by atoms with Gasteiger partial charge in [0, 0.05) is 26.7 Å². The van der Waals surface area contributed by atoms with Crippen molar-refractivity contribution in [3.05, 3.63) is 5.01 Å². The van der Waals surface area contributed by atoms with Crippen molar-refractivity contribution in [3.63, 3.8) is 0 Å². The molecule has 1 N–H and O–H groups in total. The molecule has 0 fully saturated rings. The van der Waals surface area contributed by atoms with Crippen molar-refractivity contribution in [1.29, 1.82) is 0 Å². The average molecular weight is 272 g/mol. The predicted molar refractivity (Wildman–Crippen MR) is 72.1 cm³/mol. The van der Waals surface area contributed by atoms with Gasteiger partial charge in [-0.1, -0.05) is 18.3 Å². The lowest BCUT2D eigenvalue weighted by Crippen LogP contribution is -2.33. The second-order valence-corrected chi connectivity index (χ2v) is 4.69. The molecule has 1 aromatic heterocycles. The number of ether oxygens (including phenoxy) is 1. The topological polar surface area (TPSA) is 67.4 Å². The molecule has 0 bridgehead atoms. The quantitative estimate of drug-likeness (QED) is 0.776. The van der Waals surface area contributed by atoms with Gasteiger partial charge in [0.05, 0.1) is 6.61 Å². The third-order valence-electron chi connectivity index (χ3n) is 2.37. The van der Waals surface area contributed by atoms with Gasteiger partial charge in [-0.25, -0.2) is 0 Å². The van der Waals surface area contributed by atoms with Crippen LogP contribution in [0.1, 0.15) is 30.1 Å². The van der Waals surface area contributed by atoms with Crippen molar-refractivity contribution in [1.82, 2.24) is 15.1 Å². The molecule has 0 atom stereocenters. The van der Waals surface area contributed by atoms with Crippen LogP contribution in [0.15, 0.2) is 0 Å². The maximum absolute atomic E-state index is 12.1. The van der Waals surface area contributed by atoms with Crippen LogP contribution in [0.3, 0.4) is 0 Å². The smallest absolute Gasteiger partial charge is 0.284 e. The molecule has 0 aliphatic rings. The van der Waals surface area contributed by atoms with E-state index in [0.717, 1.165) is 13.0 Å². The van der Waals surface area contributed by atoms with Crippen LogP contribution in [0.4, 0.5) is 5.13 Å². The zero-order valence-electron chi connectivity index (χ0n) is 11.1. The second kappa shape index (κ2) is 7.99. The molecule has 6 nitrogen and oxygen atoms in total. The van der Waals surface area contributed by atoms with E-state index < -0.39 is 0 Å². The predicted octanol–water partition coefficient (Wildman–Crippen LogP) is 1.47. The molecule has 0 aliphatic heterocycles. The number of aromatic nitrogens is 2. The van der Waals surface area contributed by atoms with Crippen LogP contribution in [0.25, 0.3) is 0 Å². The number of hydrogen-bond acceptors (Lipinski definition) is 6. The van der Waals surface area contributed by atoms with Crippen LogP contribution in [-0.2, 0) is 4.74 Å². The minimum Gasteiger partial charge on any atom is -0.383 e. The summed E-state index contributed by atoms with van der Waals surface area (Å²) in [5.41, 5.74) is 0. The number of amides is 1. The summed E-state index contributed by atoms with van der Waals surface area (Å²) in [4.78, 5) is 13.8. The lowest BCUT2D eigenvalue weighted by atomic mass is 10.4. The molecule has 1 amide bonds. The van der Waals surface area contributed by atoms with Gasteiger partial charge in [-0.05, 0) is 13.3 Å². The Morgan fingerprint density at radius 3 is 2.83 bits per heavy atom. The van der Waals surface area contributed by atoms with Gasteiger partial charge >= 0.3 is 0 Å². The summed E-state index contributed by atoms with van der Waals surface area (Å²) in [5.74, 6) is -0.0865. The number of hydrogen-bond donors (Lipinski definition) is 1. The van der Waals surface area contributed by atoms with Crippen LogP contribution in [0.5, 0.6) is 0 Å². The molecular weight excluding hydrogens is 252 g/mol. The maximum atomic E-state index is 12.1. The van der Waals surface area contributed by atoms with Crippen molar-refractivity contribution >= 4 is 22.4 Å². The molecule has 0 saturated carbocycles.